The third-order valence-electron chi connectivity index (χ3n) is 2.83. The van der Waals surface area contributed by atoms with Gasteiger partial charge in [0.15, 0.2) is 0 Å². The van der Waals surface area contributed by atoms with Crippen LogP contribution in [0.3, 0.4) is 0 Å². The summed E-state index contributed by atoms with van der Waals surface area (Å²) in [6, 6.07) is 6.63. The van der Waals surface area contributed by atoms with Gasteiger partial charge in [0.05, 0.1) is 0 Å². The minimum absolute atomic E-state index is 0.0130. The molecule has 2 N–H and O–H groups in total. The van der Waals surface area contributed by atoms with Crippen LogP contribution < -0.4 is 5.73 Å². The first kappa shape index (κ1) is 13.9. The number of rotatable bonds is 3. The summed E-state index contributed by atoms with van der Waals surface area (Å²) in [5.41, 5.74) is 5.78. The molecule has 0 spiro atoms. The molecule has 100 valence electrons. The van der Waals surface area contributed by atoms with Gasteiger partial charge in [-0.25, -0.2) is 13.2 Å². The standard InChI is InChI=1S/C14H11ClF3N/c15-9-5-4-8(12(18)7-9)6-13(19)14-10(16)2-1-3-11(14)17/h1-5,7,13H,6,19H2. The van der Waals surface area contributed by atoms with Gasteiger partial charge in [0.2, 0.25) is 0 Å². The van der Waals surface area contributed by atoms with Crippen LogP contribution in [0, 0.1) is 17.5 Å². The van der Waals surface area contributed by atoms with Crippen LogP contribution in [0.5, 0.6) is 0 Å². The van der Waals surface area contributed by atoms with Gasteiger partial charge < -0.3 is 5.73 Å². The Bertz CT molecular complexity index is 581. The van der Waals surface area contributed by atoms with Gasteiger partial charge in [-0.15, -0.1) is 0 Å². The number of hydrogen-bond acceptors (Lipinski definition) is 1. The molecule has 0 saturated carbocycles. The normalized spacial score (nSPS) is 12.5. The molecule has 0 bridgehead atoms. The summed E-state index contributed by atoms with van der Waals surface area (Å²) in [5.74, 6) is -2.01. The molecule has 0 radical (unpaired) electrons. The lowest BCUT2D eigenvalue weighted by molar-refractivity contribution is 0.518. The number of nitrogens with two attached hydrogens (primary N) is 1. The minimum atomic E-state index is -0.961. The fraction of sp³-hybridized carbons (Fsp3) is 0.143. The second kappa shape index (κ2) is 5.63. The minimum Gasteiger partial charge on any atom is -0.323 e. The van der Waals surface area contributed by atoms with E-state index >= 15 is 0 Å². The summed E-state index contributed by atoms with van der Waals surface area (Å²) in [6.07, 6.45) is -0.0130. The van der Waals surface area contributed by atoms with Gasteiger partial charge in [0.25, 0.3) is 0 Å². The molecule has 0 aliphatic carbocycles. The fourth-order valence-electron chi connectivity index (χ4n) is 1.89. The Balaban J connectivity index is 2.28. The predicted octanol–water partition coefficient (Wildman–Crippen LogP) is 4.00. The Kier molecular flexibility index (Phi) is 4.12. The van der Waals surface area contributed by atoms with Gasteiger partial charge in [0, 0.05) is 16.6 Å². The summed E-state index contributed by atoms with van der Waals surface area (Å²) in [5, 5.41) is 0.256. The van der Waals surface area contributed by atoms with Gasteiger partial charge in [0.1, 0.15) is 17.5 Å². The highest BCUT2D eigenvalue weighted by Crippen LogP contribution is 2.24. The van der Waals surface area contributed by atoms with E-state index in [-0.39, 0.29) is 22.6 Å². The Hall–Kier alpha value is -1.52. The molecule has 1 nitrogen and oxygen atoms in total. The van der Waals surface area contributed by atoms with Crippen LogP contribution >= 0.6 is 11.6 Å². The third kappa shape index (κ3) is 3.08. The van der Waals surface area contributed by atoms with Crippen LogP contribution in [0.2, 0.25) is 5.02 Å². The lowest BCUT2D eigenvalue weighted by Gasteiger charge is -2.14. The van der Waals surface area contributed by atoms with Gasteiger partial charge >= 0.3 is 0 Å². The van der Waals surface area contributed by atoms with E-state index in [2.05, 4.69) is 0 Å². The topological polar surface area (TPSA) is 26.0 Å². The van der Waals surface area contributed by atoms with Crippen molar-refractivity contribution in [2.45, 2.75) is 12.5 Å². The van der Waals surface area contributed by atoms with Crippen molar-refractivity contribution in [3.8, 4) is 0 Å². The average Bonchev–Trinajstić information content (AvgIpc) is 2.32. The zero-order chi connectivity index (χ0) is 14.0. The van der Waals surface area contributed by atoms with E-state index in [1.165, 1.54) is 18.2 Å². The Morgan fingerprint density at radius 3 is 2.21 bits per heavy atom. The highest BCUT2D eigenvalue weighted by molar-refractivity contribution is 6.30. The van der Waals surface area contributed by atoms with Gasteiger partial charge in [-0.05, 0) is 36.2 Å². The number of benzene rings is 2. The molecule has 0 fully saturated rings. The molecule has 0 heterocycles. The second-order valence-electron chi connectivity index (χ2n) is 4.18. The molecule has 0 saturated heterocycles. The highest BCUT2D eigenvalue weighted by atomic mass is 35.5. The van der Waals surface area contributed by atoms with Crippen molar-refractivity contribution in [3.63, 3.8) is 0 Å². The molecule has 2 aromatic carbocycles. The monoisotopic (exact) mass is 285 g/mol. The zero-order valence-electron chi connectivity index (χ0n) is 9.84. The maximum absolute atomic E-state index is 13.6. The first-order valence-corrected chi connectivity index (χ1v) is 6.00. The van der Waals surface area contributed by atoms with Gasteiger partial charge in [-0.3, -0.25) is 0 Å². The average molecular weight is 286 g/mol. The first-order chi connectivity index (χ1) is 8.99. The maximum Gasteiger partial charge on any atom is 0.130 e. The van der Waals surface area contributed by atoms with Crippen LogP contribution in [-0.4, -0.2) is 0 Å². The molecule has 1 unspecified atom stereocenters. The van der Waals surface area contributed by atoms with Crippen molar-refractivity contribution >= 4 is 11.6 Å². The number of halogens is 4. The molecule has 0 aliphatic rings. The number of hydrogen-bond donors (Lipinski definition) is 1. The molecule has 2 rings (SSSR count). The molecular weight excluding hydrogens is 275 g/mol. The van der Waals surface area contributed by atoms with Crippen molar-refractivity contribution in [1.82, 2.24) is 0 Å². The quantitative estimate of drug-likeness (QED) is 0.906. The first-order valence-electron chi connectivity index (χ1n) is 5.62. The summed E-state index contributed by atoms with van der Waals surface area (Å²) < 4.78 is 40.7. The molecule has 0 amide bonds. The Morgan fingerprint density at radius 2 is 1.63 bits per heavy atom. The van der Waals surface area contributed by atoms with E-state index in [0.29, 0.717) is 0 Å². The van der Waals surface area contributed by atoms with E-state index in [1.54, 1.807) is 0 Å². The maximum atomic E-state index is 13.6. The third-order valence-corrected chi connectivity index (χ3v) is 3.06. The molecule has 0 aliphatic heterocycles. The van der Waals surface area contributed by atoms with Crippen LogP contribution in [0.4, 0.5) is 13.2 Å². The zero-order valence-corrected chi connectivity index (χ0v) is 10.6. The summed E-state index contributed by atoms with van der Waals surface area (Å²) >= 11 is 5.63. The molecule has 5 heteroatoms. The Morgan fingerprint density at radius 1 is 1.00 bits per heavy atom. The van der Waals surface area contributed by atoms with Crippen LogP contribution in [0.1, 0.15) is 17.2 Å². The smallest absolute Gasteiger partial charge is 0.130 e. The van der Waals surface area contributed by atoms with Crippen molar-refractivity contribution in [2.24, 2.45) is 5.73 Å². The van der Waals surface area contributed by atoms with Crippen LogP contribution in [0.15, 0.2) is 36.4 Å². The molecule has 1 atom stereocenters. The van der Waals surface area contributed by atoms with E-state index in [1.807, 2.05) is 0 Å². The molecule has 0 aromatic heterocycles. The lowest BCUT2D eigenvalue weighted by Crippen LogP contribution is -2.17. The lowest BCUT2D eigenvalue weighted by atomic mass is 9.98. The van der Waals surface area contributed by atoms with E-state index in [4.69, 9.17) is 17.3 Å². The van der Waals surface area contributed by atoms with Crippen LogP contribution in [0.25, 0.3) is 0 Å². The van der Waals surface area contributed by atoms with E-state index in [9.17, 15) is 13.2 Å². The molecular formula is C14H11ClF3N. The van der Waals surface area contributed by atoms with E-state index in [0.717, 1.165) is 18.2 Å². The SMILES string of the molecule is NC(Cc1ccc(Cl)cc1F)c1c(F)cccc1F. The van der Waals surface area contributed by atoms with Gasteiger partial charge in [-0.1, -0.05) is 23.7 Å². The van der Waals surface area contributed by atoms with Crippen molar-refractivity contribution in [1.29, 1.82) is 0 Å². The summed E-state index contributed by atoms with van der Waals surface area (Å²) in [6.45, 7) is 0. The summed E-state index contributed by atoms with van der Waals surface area (Å²) in [4.78, 5) is 0. The van der Waals surface area contributed by atoms with Gasteiger partial charge in [-0.2, -0.15) is 0 Å². The van der Waals surface area contributed by atoms with E-state index < -0.39 is 23.5 Å². The second-order valence-corrected chi connectivity index (χ2v) is 4.62. The fourth-order valence-corrected chi connectivity index (χ4v) is 2.05. The molecule has 2 aromatic rings. The van der Waals surface area contributed by atoms with Crippen molar-refractivity contribution < 1.29 is 13.2 Å². The molecule has 19 heavy (non-hydrogen) atoms. The Labute approximate surface area is 113 Å². The van der Waals surface area contributed by atoms with Crippen LogP contribution in [-0.2, 0) is 6.42 Å². The van der Waals surface area contributed by atoms with Crippen molar-refractivity contribution in [3.05, 3.63) is 70.0 Å². The predicted molar refractivity (Wildman–Crippen MR) is 68.4 cm³/mol. The highest BCUT2D eigenvalue weighted by Gasteiger charge is 2.18. The van der Waals surface area contributed by atoms with Crippen molar-refractivity contribution in [2.75, 3.05) is 0 Å². The summed E-state index contributed by atoms with van der Waals surface area (Å²) in [7, 11) is 0. The largest absolute Gasteiger partial charge is 0.323 e.